The first-order chi connectivity index (χ1) is 14.7. The van der Waals surface area contributed by atoms with E-state index in [1.54, 1.807) is 24.3 Å². The van der Waals surface area contributed by atoms with Crippen molar-refractivity contribution in [2.75, 3.05) is 0 Å². The van der Waals surface area contributed by atoms with E-state index in [1.807, 2.05) is 36.4 Å². The van der Waals surface area contributed by atoms with Gasteiger partial charge in [0.05, 0.1) is 11.1 Å². The normalized spacial score (nSPS) is 11.2. The van der Waals surface area contributed by atoms with Crippen LogP contribution in [0.25, 0.3) is 22.3 Å². The van der Waals surface area contributed by atoms with Gasteiger partial charge >= 0.3 is 0 Å². The summed E-state index contributed by atoms with van der Waals surface area (Å²) in [6.07, 6.45) is 1.27. The van der Waals surface area contributed by atoms with Crippen molar-refractivity contribution in [3.05, 3.63) is 105 Å². The van der Waals surface area contributed by atoms with Crippen LogP contribution in [0.1, 0.15) is 20.7 Å². The second-order valence-electron chi connectivity index (χ2n) is 7.17. The molecule has 4 heteroatoms. The molecule has 0 saturated carbocycles. The fourth-order valence-corrected chi connectivity index (χ4v) is 4.29. The van der Waals surface area contributed by atoms with Crippen LogP contribution in [0.15, 0.2) is 72.8 Å². The third kappa shape index (κ3) is 2.40. The van der Waals surface area contributed by atoms with Crippen LogP contribution >= 0.6 is 0 Å². The number of aromatic hydroxyl groups is 2. The highest BCUT2D eigenvalue weighted by Gasteiger charge is 2.20. The highest BCUT2D eigenvalue weighted by Crippen LogP contribution is 2.41. The third-order valence-corrected chi connectivity index (χ3v) is 5.65. The van der Waals surface area contributed by atoms with Crippen molar-refractivity contribution in [3.8, 4) is 33.8 Å². The smallest absolute Gasteiger partial charge is 0.154 e. The minimum atomic E-state index is -0.108. The molecule has 1 aliphatic carbocycles. The molecule has 0 saturated heterocycles. The number of rotatable bonds is 4. The third-order valence-electron chi connectivity index (χ3n) is 5.65. The summed E-state index contributed by atoms with van der Waals surface area (Å²) in [5, 5.41) is 24.7. The molecule has 0 aliphatic heterocycles. The Hall–Kier alpha value is -4.18. The minimum Gasteiger partial charge on any atom is -0.507 e. The Labute approximate surface area is 171 Å². The van der Waals surface area contributed by atoms with Crippen molar-refractivity contribution in [3.63, 3.8) is 0 Å². The predicted molar refractivity (Wildman–Crippen MR) is 113 cm³/mol. The number of hydrogen-bond acceptors (Lipinski definition) is 4. The van der Waals surface area contributed by atoms with Crippen molar-refractivity contribution in [1.29, 1.82) is 0 Å². The maximum Gasteiger partial charge on any atom is 0.154 e. The van der Waals surface area contributed by atoms with E-state index in [4.69, 9.17) is 0 Å². The SMILES string of the molecule is O=Cc1c(O)cccc1-c1ccc2c(c1-c1cccc(O)c1C=O)=c1ccccc1=2. The molecule has 5 rings (SSSR count). The van der Waals surface area contributed by atoms with E-state index >= 15 is 0 Å². The first kappa shape index (κ1) is 17.9. The molecule has 0 bridgehead atoms. The van der Waals surface area contributed by atoms with Gasteiger partial charge in [-0.25, -0.2) is 0 Å². The van der Waals surface area contributed by atoms with Crippen LogP contribution in [0.4, 0.5) is 0 Å². The Morgan fingerprint density at radius 2 is 1.13 bits per heavy atom. The van der Waals surface area contributed by atoms with Gasteiger partial charge in [0.1, 0.15) is 11.5 Å². The van der Waals surface area contributed by atoms with Crippen molar-refractivity contribution in [2.45, 2.75) is 0 Å². The molecule has 30 heavy (non-hydrogen) atoms. The lowest BCUT2D eigenvalue weighted by Gasteiger charge is -2.19. The van der Waals surface area contributed by atoms with Crippen LogP contribution in [0.5, 0.6) is 11.5 Å². The van der Waals surface area contributed by atoms with Crippen molar-refractivity contribution >= 4 is 12.6 Å². The molecule has 4 aromatic carbocycles. The summed E-state index contributed by atoms with van der Waals surface area (Å²) in [5.74, 6) is -0.215. The summed E-state index contributed by atoms with van der Waals surface area (Å²) in [6, 6.07) is 21.7. The fraction of sp³-hybridized carbons (Fsp3) is 0. The number of fused-ring (bicyclic) bond motifs is 2. The summed E-state index contributed by atoms with van der Waals surface area (Å²) in [4.78, 5) is 23.6. The number of phenolic OH excluding ortho intramolecular Hbond substituents is 2. The highest BCUT2D eigenvalue weighted by molar-refractivity contribution is 5.99. The Morgan fingerprint density at radius 3 is 1.80 bits per heavy atom. The maximum atomic E-state index is 11.9. The molecule has 4 nitrogen and oxygen atoms in total. The van der Waals surface area contributed by atoms with Gasteiger partial charge in [-0.05, 0) is 55.3 Å². The molecule has 0 aromatic heterocycles. The molecule has 1 aliphatic rings. The summed E-state index contributed by atoms with van der Waals surface area (Å²) >= 11 is 0. The van der Waals surface area contributed by atoms with Crippen LogP contribution in [0.2, 0.25) is 0 Å². The predicted octanol–water partition coefficient (Wildman–Crippen LogP) is 4.94. The van der Waals surface area contributed by atoms with Gasteiger partial charge in [0.15, 0.2) is 12.6 Å². The largest absolute Gasteiger partial charge is 0.507 e. The van der Waals surface area contributed by atoms with Crippen LogP contribution in [-0.4, -0.2) is 22.8 Å². The van der Waals surface area contributed by atoms with Crippen LogP contribution in [0.3, 0.4) is 0 Å². The summed E-state index contributed by atoms with van der Waals surface area (Å²) in [5.41, 5.74) is 2.95. The van der Waals surface area contributed by atoms with E-state index in [1.165, 1.54) is 12.1 Å². The second kappa shape index (κ2) is 6.71. The van der Waals surface area contributed by atoms with Crippen LogP contribution in [-0.2, 0) is 0 Å². The van der Waals surface area contributed by atoms with E-state index in [0.717, 1.165) is 26.4 Å². The quantitative estimate of drug-likeness (QED) is 0.425. The van der Waals surface area contributed by atoms with Crippen molar-refractivity contribution in [2.24, 2.45) is 0 Å². The Balaban J connectivity index is 2.01. The maximum absolute atomic E-state index is 11.9. The van der Waals surface area contributed by atoms with E-state index in [-0.39, 0.29) is 22.6 Å². The molecular weight excluding hydrogens is 376 g/mol. The van der Waals surface area contributed by atoms with Gasteiger partial charge in [0.25, 0.3) is 0 Å². The Bertz CT molecular complexity index is 1550. The molecule has 0 atom stereocenters. The molecule has 0 radical (unpaired) electrons. The van der Waals surface area contributed by atoms with Gasteiger partial charge in [0.2, 0.25) is 0 Å². The average Bonchev–Trinajstić information content (AvgIpc) is 2.76. The Kier molecular flexibility index (Phi) is 4.00. The molecule has 0 unspecified atom stereocenters. The monoisotopic (exact) mass is 392 g/mol. The van der Waals surface area contributed by atoms with Crippen LogP contribution in [0, 0.1) is 20.9 Å². The minimum absolute atomic E-state index is 0.106. The van der Waals surface area contributed by atoms with Gasteiger partial charge in [-0.2, -0.15) is 0 Å². The van der Waals surface area contributed by atoms with E-state index in [2.05, 4.69) is 0 Å². The van der Waals surface area contributed by atoms with Gasteiger partial charge < -0.3 is 10.2 Å². The zero-order valence-corrected chi connectivity index (χ0v) is 15.8. The van der Waals surface area contributed by atoms with E-state index in [9.17, 15) is 19.8 Å². The molecule has 0 heterocycles. The Morgan fingerprint density at radius 1 is 0.533 bits per heavy atom. The number of carbonyl (C=O) groups excluding carboxylic acids is 2. The van der Waals surface area contributed by atoms with E-state index < -0.39 is 0 Å². The van der Waals surface area contributed by atoms with Gasteiger partial charge in [0, 0.05) is 0 Å². The topological polar surface area (TPSA) is 74.6 Å². The van der Waals surface area contributed by atoms with Gasteiger partial charge in [-0.15, -0.1) is 0 Å². The summed E-state index contributed by atoms with van der Waals surface area (Å²) in [7, 11) is 0. The first-order valence-corrected chi connectivity index (χ1v) is 9.47. The zero-order valence-electron chi connectivity index (χ0n) is 15.8. The summed E-state index contributed by atoms with van der Waals surface area (Å²) in [6.45, 7) is 0. The molecule has 2 N–H and O–H groups in total. The average molecular weight is 392 g/mol. The van der Waals surface area contributed by atoms with Crippen LogP contribution < -0.4 is 0 Å². The lowest BCUT2D eigenvalue weighted by atomic mass is 9.84. The molecule has 0 amide bonds. The molecule has 0 spiro atoms. The number of hydrogen-bond donors (Lipinski definition) is 2. The first-order valence-electron chi connectivity index (χ1n) is 9.47. The zero-order chi connectivity index (χ0) is 20.8. The van der Waals surface area contributed by atoms with Crippen molar-refractivity contribution < 1.29 is 19.8 Å². The number of benzene rings is 4. The number of aldehydes is 2. The van der Waals surface area contributed by atoms with Crippen molar-refractivity contribution in [1.82, 2.24) is 0 Å². The highest BCUT2D eigenvalue weighted by atomic mass is 16.3. The lowest BCUT2D eigenvalue weighted by molar-refractivity contribution is 0.111. The summed E-state index contributed by atoms with van der Waals surface area (Å²) < 4.78 is 0. The standard InChI is InChI=1S/C26H16O4/c27-13-21-16(7-3-9-23(21)29)20-12-11-19-15-5-1-2-6-17(15)25(19)26(20)18-8-4-10-24(30)22(18)14-28/h1-14,29-30H. The second-order valence-corrected chi connectivity index (χ2v) is 7.17. The fourth-order valence-electron chi connectivity index (χ4n) is 4.29. The number of carbonyl (C=O) groups is 2. The molecule has 144 valence electrons. The van der Waals surface area contributed by atoms with E-state index in [0.29, 0.717) is 29.3 Å². The van der Waals surface area contributed by atoms with Gasteiger partial charge in [-0.3, -0.25) is 9.59 Å². The number of phenols is 2. The van der Waals surface area contributed by atoms with Gasteiger partial charge in [-0.1, -0.05) is 60.7 Å². The molecular formula is C26H16O4. The lowest BCUT2D eigenvalue weighted by Crippen LogP contribution is -2.00. The molecule has 4 aromatic rings. The molecule has 0 fully saturated rings.